The molecular weight excluding hydrogens is 316 g/mol. The molecule has 0 saturated heterocycles. The summed E-state index contributed by atoms with van der Waals surface area (Å²) in [5.41, 5.74) is 2.47. The molecule has 2 rings (SSSR count). The quantitative estimate of drug-likeness (QED) is 0.526. The average Bonchev–Trinajstić information content (AvgIpc) is 2.39. The van der Waals surface area contributed by atoms with Crippen LogP contribution in [-0.4, -0.2) is 6.26 Å². The molecule has 3 heteroatoms. The van der Waals surface area contributed by atoms with Crippen LogP contribution in [-0.2, 0) is 0 Å². The number of halogens is 2. The lowest BCUT2D eigenvalue weighted by Gasteiger charge is -2.11. The molecular formula is C14H12BrClS. The first-order chi connectivity index (χ1) is 8.20. The third kappa shape index (κ3) is 3.27. The molecule has 0 radical (unpaired) electrons. The Morgan fingerprint density at radius 2 is 1.41 bits per heavy atom. The molecule has 0 nitrogen and oxygen atoms in total. The van der Waals surface area contributed by atoms with Gasteiger partial charge < -0.3 is 0 Å². The molecule has 0 heterocycles. The molecule has 0 amide bonds. The Bertz CT molecular complexity index is 479. The molecule has 0 bridgehead atoms. The fourth-order valence-corrected chi connectivity index (χ4v) is 2.74. The zero-order valence-electron chi connectivity index (χ0n) is 9.36. The highest BCUT2D eigenvalue weighted by Crippen LogP contribution is 2.32. The molecule has 0 spiro atoms. The summed E-state index contributed by atoms with van der Waals surface area (Å²) in [7, 11) is 0. The maximum atomic E-state index is 5.88. The zero-order chi connectivity index (χ0) is 12.3. The van der Waals surface area contributed by atoms with Gasteiger partial charge in [-0.05, 0) is 41.6 Å². The largest absolute Gasteiger partial charge is 0.130 e. The molecule has 17 heavy (non-hydrogen) atoms. The first kappa shape index (κ1) is 13.0. The van der Waals surface area contributed by atoms with Crippen LogP contribution in [0.15, 0.2) is 53.4 Å². The lowest BCUT2D eigenvalue weighted by atomic mass is 10.1. The van der Waals surface area contributed by atoms with E-state index in [-0.39, 0.29) is 4.83 Å². The molecule has 0 aliphatic rings. The molecule has 0 aliphatic heterocycles. The van der Waals surface area contributed by atoms with Gasteiger partial charge in [0.25, 0.3) is 0 Å². The predicted molar refractivity (Wildman–Crippen MR) is 80.4 cm³/mol. The highest BCUT2D eigenvalue weighted by atomic mass is 79.9. The Morgan fingerprint density at radius 3 is 1.88 bits per heavy atom. The summed E-state index contributed by atoms with van der Waals surface area (Å²) in [6, 6.07) is 16.5. The Labute approximate surface area is 120 Å². The van der Waals surface area contributed by atoms with E-state index < -0.39 is 0 Å². The molecule has 2 aromatic carbocycles. The van der Waals surface area contributed by atoms with Gasteiger partial charge in [-0.15, -0.1) is 11.8 Å². The van der Waals surface area contributed by atoms with Crippen molar-refractivity contribution in [2.45, 2.75) is 9.72 Å². The number of rotatable bonds is 3. The van der Waals surface area contributed by atoms with Crippen LogP contribution in [0.2, 0.25) is 5.02 Å². The molecule has 1 atom stereocenters. The molecule has 2 aromatic rings. The van der Waals surface area contributed by atoms with Crippen LogP contribution in [0.5, 0.6) is 0 Å². The second-order valence-corrected chi connectivity index (χ2v) is 5.92. The second-order valence-electron chi connectivity index (χ2n) is 3.69. The van der Waals surface area contributed by atoms with Crippen LogP contribution >= 0.6 is 39.3 Å². The maximum absolute atomic E-state index is 5.88. The smallest absolute Gasteiger partial charge is 0.0644 e. The summed E-state index contributed by atoms with van der Waals surface area (Å²) >= 11 is 11.4. The van der Waals surface area contributed by atoms with Gasteiger partial charge in [-0.3, -0.25) is 0 Å². The van der Waals surface area contributed by atoms with Gasteiger partial charge in [0.2, 0.25) is 0 Å². The van der Waals surface area contributed by atoms with Gasteiger partial charge in [-0.2, -0.15) is 0 Å². The van der Waals surface area contributed by atoms with E-state index in [1.807, 2.05) is 24.3 Å². The minimum absolute atomic E-state index is 0.218. The summed E-state index contributed by atoms with van der Waals surface area (Å²) in [5.74, 6) is 0. The highest BCUT2D eigenvalue weighted by Gasteiger charge is 2.09. The number of hydrogen-bond acceptors (Lipinski definition) is 1. The van der Waals surface area contributed by atoms with Crippen molar-refractivity contribution in [2.24, 2.45) is 0 Å². The molecule has 1 unspecified atom stereocenters. The monoisotopic (exact) mass is 326 g/mol. The second kappa shape index (κ2) is 5.94. The molecule has 0 aliphatic carbocycles. The third-order valence-corrected chi connectivity index (χ3v) is 4.62. The topological polar surface area (TPSA) is 0 Å². The predicted octanol–water partition coefficient (Wildman–Crippen LogP) is 5.55. The minimum atomic E-state index is 0.218. The zero-order valence-corrected chi connectivity index (χ0v) is 12.5. The summed E-state index contributed by atoms with van der Waals surface area (Å²) in [6.45, 7) is 0. The maximum Gasteiger partial charge on any atom is 0.0644 e. The summed E-state index contributed by atoms with van der Waals surface area (Å²) in [6.07, 6.45) is 2.08. The van der Waals surface area contributed by atoms with E-state index in [0.717, 1.165) is 5.02 Å². The van der Waals surface area contributed by atoms with E-state index in [2.05, 4.69) is 46.5 Å². The van der Waals surface area contributed by atoms with Crippen LogP contribution in [0, 0.1) is 0 Å². The van der Waals surface area contributed by atoms with Gasteiger partial charge in [0.05, 0.1) is 4.83 Å². The van der Waals surface area contributed by atoms with Gasteiger partial charge in [-0.1, -0.05) is 51.8 Å². The number of alkyl halides is 1. The minimum Gasteiger partial charge on any atom is -0.130 e. The van der Waals surface area contributed by atoms with Crippen LogP contribution in [0.4, 0.5) is 0 Å². The van der Waals surface area contributed by atoms with Crippen molar-refractivity contribution >= 4 is 39.3 Å². The van der Waals surface area contributed by atoms with Crippen LogP contribution in [0.3, 0.4) is 0 Å². The standard InChI is InChI=1S/C14H12BrClS/c1-17-13-8-4-11(5-9-13)14(15)10-2-6-12(16)7-3-10/h2-9,14H,1H3. The first-order valence-corrected chi connectivity index (χ1v) is 7.76. The van der Waals surface area contributed by atoms with E-state index in [4.69, 9.17) is 11.6 Å². The van der Waals surface area contributed by atoms with Crippen molar-refractivity contribution in [1.29, 1.82) is 0 Å². The Hall–Kier alpha value is -0.440. The fraction of sp³-hybridized carbons (Fsp3) is 0.143. The van der Waals surface area contributed by atoms with Gasteiger partial charge in [-0.25, -0.2) is 0 Å². The molecule has 0 N–H and O–H groups in total. The number of benzene rings is 2. The van der Waals surface area contributed by atoms with Gasteiger partial charge in [0.15, 0.2) is 0 Å². The van der Waals surface area contributed by atoms with E-state index in [9.17, 15) is 0 Å². The fourth-order valence-electron chi connectivity index (χ4n) is 1.60. The lowest BCUT2D eigenvalue weighted by molar-refractivity contribution is 1.17. The number of hydrogen-bond donors (Lipinski definition) is 0. The van der Waals surface area contributed by atoms with Crippen molar-refractivity contribution < 1.29 is 0 Å². The van der Waals surface area contributed by atoms with Crippen molar-refractivity contribution in [1.82, 2.24) is 0 Å². The van der Waals surface area contributed by atoms with E-state index in [1.54, 1.807) is 11.8 Å². The molecule has 88 valence electrons. The van der Waals surface area contributed by atoms with Crippen LogP contribution in [0.1, 0.15) is 16.0 Å². The third-order valence-electron chi connectivity index (χ3n) is 2.57. The Balaban J connectivity index is 2.23. The van der Waals surface area contributed by atoms with Crippen molar-refractivity contribution in [3.8, 4) is 0 Å². The van der Waals surface area contributed by atoms with Crippen LogP contribution in [0.25, 0.3) is 0 Å². The summed E-state index contributed by atoms with van der Waals surface area (Å²) < 4.78 is 0. The van der Waals surface area contributed by atoms with Gasteiger partial charge >= 0.3 is 0 Å². The van der Waals surface area contributed by atoms with E-state index in [1.165, 1.54) is 16.0 Å². The SMILES string of the molecule is CSc1ccc(C(Br)c2ccc(Cl)cc2)cc1. The Kier molecular flexibility index (Phi) is 4.55. The lowest BCUT2D eigenvalue weighted by Crippen LogP contribution is -1.92. The summed E-state index contributed by atoms with van der Waals surface area (Å²) in [5, 5.41) is 0.770. The van der Waals surface area contributed by atoms with E-state index >= 15 is 0 Å². The van der Waals surface area contributed by atoms with Crippen molar-refractivity contribution in [2.75, 3.05) is 6.26 Å². The van der Waals surface area contributed by atoms with Crippen LogP contribution < -0.4 is 0 Å². The highest BCUT2D eigenvalue weighted by molar-refractivity contribution is 9.09. The molecule has 0 aromatic heterocycles. The van der Waals surface area contributed by atoms with Gasteiger partial charge in [0, 0.05) is 9.92 Å². The average molecular weight is 328 g/mol. The van der Waals surface area contributed by atoms with Crippen molar-refractivity contribution in [3.63, 3.8) is 0 Å². The Morgan fingerprint density at radius 1 is 0.941 bits per heavy atom. The normalized spacial score (nSPS) is 12.4. The van der Waals surface area contributed by atoms with Crippen molar-refractivity contribution in [3.05, 3.63) is 64.7 Å². The molecule has 0 fully saturated rings. The first-order valence-electron chi connectivity index (χ1n) is 5.24. The van der Waals surface area contributed by atoms with Gasteiger partial charge in [0.1, 0.15) is 0 Å². The molecule has 0 saturated carbocycles. The van der Waals surface area contributed by atoms with E-state index in [0.29, 0.717) is 0 Å². The number of thioether (sulfide) groups is 1. The summed E-state index contributed by atoms with van der Waals surface area (Å²) in [4.78, 5) is 1.50.